The van der Waals surface area contributed by atoms with E-state index in [0.717, 1.165) is 5.56 Å². The van der Waals surface area contributed by atoms with E-state index in [1.54, 1.807) is 24.3 Å². The van der Waals surface area contributed by atoms with Crippen molar-refractivity contribution in [1.29, 1.82) is 0 Å². The van der Waals surface area contributed by atoms with Gasteiger partial charge >= 0.3 is 0 Å². The number of anilines is 2. The molecule has 162 valence electrons. The lowest BCUT2D eigenvalue weighted by Gasteiger charge is -2.13. The van der Waals surface area contributed by atoms with Gasteiger partial charge in [-0.1, -0.05) is 17.7 Å². The van der Waals surface area contributed by atoms with Crippen LogP contribution in [0.4, 0.5) is 11.4 Å². The monoisotopic (exact) mass is 460 g/mol. The lowest BCUT2D eigenvalue weighted by Crippen LogP contribution is -2.15. The molecule has 2 N–H and O–H groups in total. The number of aryl methyl sites for hydroxylation is 1. The van der Waals surface area contributed by atoms with Gasteiger partial charge in [0.2, 0.25) is 0 Å². The molecule has 0 spiro atoms. The van der Waals surface area contributed by atoms with Crippen molar-refractivity contribution in [3.8, 4) is 11.5 Å². The van der Waals surface area contributed by atoms with Crippen molar-refractivity contribution >= 4 is 38.9 Å². The van der Waals surface area contributed by atoms with Gasteiger partial charge in [0.1, 0.15) is 11.5 Å². The van der Waals surface area contributed by atoms with Crippen LogP contribution < -0.4 is 19.5 Å². The van der Waals surface area contributed by atoms with Crippen LogP contribution in [0.2, 0.25) is 5.02 Å². The molecule has 0 heterocycles. The predicted octanol–water partition coefficient (Wildman–Crippen LogP) is 4.72. The number of benzene rings is 3. The van der Waals surface area contributed by atoms with Crippen LogP contribution in [0.25, 0.3) is 0 Å². The van der Waals surface area contributed by atoms with E-state index >= 15 is 0 Å². The van der Waals surface area contributed by atoms with Crippen LogP contribution in [-0.4, -0.2) is 28.5 Å². The summed E-state index contributed by atoms with van der Waals surface area (Å²) >= 11 is 5.97. The third kappa shape index (κ3) is 5.28. The Bertz CT molecular complexity index is 1210. The van der Waals surface area contributed by atoms with Crippen LogP contribution in [0.1, 0.15) is 15.9 Å². The molecule has 3 aromatic carbocycles. The van der Waals surface area contributed by atoms with Gasteiger partial charge in [-0.05, 0) is 67.1 Å². The molecule has 0 unspecified atom stereocenters. The standard InChI is InChI=1S/C22H21ClN2O5S/c1-14-4-10-21(30-3)19(12-14)25-31(27,28)17-8-6-16(7-9-17)24-22(26)18-13-15(23)5-11-20(18)29-2/h4-13,25H,1-3H3,(H,24,26). The van der Waals surface area contributed by atoms with Gasteiger partial charge in [-0.15, -0.1) is 0 Å². The molecule has 0 fully saturated rings. The highest BCUT2D eigenvalue weighted by Crippen LogP contribution is 2.28. The molecule has 0 atom stereocenters. The summed E-state index contributed by atoms with van der Waals surface area (Å²) in [5.74, 6) is 0.350. The van der Waals surface area contributed by atoms with Crippen molar-refractivity contribution in [2.45, 2.75) is 11.8 Å². The fraction of sp³-hybridized carbons (Fsp3) is 0.136. The molecule has 31 heavy (non-hydrogen) atoms. The van der Waals surface area contributed by atoms with Crippen LogP contribution in [0.15, 0.2) is 65.6 Å². The zero-order valence-electron chi connectivity index (χ0n) is 17.1. The Hall–Kier alpha value is -3.23. The molecule has 1 amide bonds. The van der Waals surface area contributed by atoms with E-state index in [1.807, 2.05) is 13.0 Å². The van der Waals surface area contributed by atoms with Gasteiger partial charge in [-0.25, -0.2) is 8.42 Å². The summed E-state index contributed by atoms with van der Waals surface area (Å²) in [6.07, 6.45) is 0. The summed E-state index contributed by atoms with van der Waals surface area (Å²) < 4.78 is 38.5. The zero-order chi connectivity index (χ0) is 22.6. The van der Waals surface area contributed by atoms with Crippen LogP contribution in [-0.2, 0) is 10.0 Å². The van der Waals surface area contributed by atoms with Gasteiger partial charge in [-0.2, -0.15) is 0 Å². The summed E-state index contributed by atoms with van der Waals surface area (Å²) in [5.41, 5.74) is 1.90. The lowest BCUT2D eigenvalue weighted by molar-refractivity contribution is 0.102. The number of rotatable bonds is 7. The molecule has 0 aromatic heterocycles. The first-order valence-corrected chi connectivity index (χ1v) is 11.0. The topological polar surface area (TPSA) is 93.7 Å². The predicted molar refractivity (Wildman–Crippen MR) is 121 cm³/mol. The second-order valence-corrected chi connectivity index (χ2v) is 8.75. The average molecular weight is 461 g/mol. The largest absolute Gasteiger partial charge is 0.496 e. The SMILES string of the molecule is COc1ccc(C)cc1NS(=O)(=O)c1ccc(NC(=O)c2cc(Cl)ccc2OC)cc1. The van der Waals surface area contributed by atoms with E-state index in [1.165, 1.54) is 44.6 Å². The van der Waals surface area contributed by atoms with E-state index in [0.29, 0.717) is 27.9 Å². The summed E-state index contributed by atoms with van der Waals surface area (Å²) in [4.78, 5) is 12.6. The van der Waals surface area contributed by atoms with Gasteiger partial charge in [0.05, 0.1) is 30.4 Å². The Balaban J connectivity index is 1.79. The minimum Gasteiger partial charge on any atom is -0.496 e. The van der Waals surface area contributed by atoms with Crippen molar-refractivity contribution in [2.24, 2.45) is 0 Å². The number of methoxy groups -OCH3 is 2. The molecule has 0 aliphatic rings. The molecule has 0 saturated heterocycles. The van der Waals surface area contributed by atoms with E-state index in [4.69, 9.17) is 21.1 Å². The number of nitrogens with one attached hydrogen (secondary N) is 2. The summed E-state index contributed by atoms with van der Waals surface area (Å²) in [7, 11) is -0.935. The molecule has 9 heteroatoms. The maximum Gasteiger partial charge on any atom is 0.262 e. The fourth-order valence-corrected chi connectivity index (χ4v) is 4.11. The molecule has 0 saturated carbocycles. The Labute approximate surface area is 186 Å². The molecule has 0 radical (unpaired) electrons. The fourth-order valence-electron chi connectivity index (χ4n) is 2.88. The number of halogens is 1. The highest BCUT2D eigenvalue weighted by molar-refractivity contribution is 7.92. The van der Waals surface area contributed by atoms with E-state index in [9.17, 15) is 13.2 Å². The quantitative estimate of drug-likeness (QED) is 0.532. The number of carbonyl (C=O) groups is 1. The second kappa shape index (κ2) is 9.28. The first-order valence-electron chi connectivity index (χ1n) is 9.16. The Morgan fingerprint density at radius 1 is 0.903 bits per heavy atom. The molecular weight excluding hydrogens is 440 g/mol. The number of ether oxygens (including phenoxy) is 2. The molecule has 0 aliphatic carbocycles. The first kappa shape index (κ1) is 22.5. The third-order valence-corrected chi connectivity index (χ3v) is 6.04. The summed E-state index contributed by atoms with van der Waals surface area (Å²) in [6, 6.07) is 15.7. The first-order chi connectivity index (χ1) is 14.7. The average Bonchev–Trinajstić information content (AvgIpc) is 2.74. The van der Waals surface area contributed by atoms with Crippen molar-refractivity contribution in [3.63, 3.8) is 0 Å². The minimum atomic E-state index is -3.86. The lowest BCUT2D eigenvalue weighted by atomic mass is 10.2. The molecular formula is C22H21ClN2O5S. The van der Waals surface area contributed by atoms with Crippen LogP contribution in [0.5, 0.6) is 11.5 Å². The number of carbonyl (C=O) groups excluding carboxylic acids is 1. The van der Waals surface area contributed by atoms with Crippen molar-refractivity contribution in [1.82, 2.24) is 0 Å². The zero-order valence-corrected chi connectivity index (χ0v) is 18.7. The molecule has 7 nitrogen and oxygen atoms in total. The maximum atomic E-state index is 12.8. The van der Waals surface area contributed by atoms with Gasteiger partial charge < -0.3 is 14.8 Å². The summed E-state index contributed by atoms with van der Waals surface area (Å²) in [5, 5.41) is 3.09. The highest BCUT2D eigenvalue weighted by Gasteiger charge is 2.18. The maximum absolute atomic E-state index is 12.8. The van der Waals surface area contributed by atoms with E-state index < -0.39 is 15.9 Å². The highest BCUT2D eigenvalue weighted by atomic mass is 35.5. The Morgan fingerprint density at radius 3 is 2.19 bits per heavy atom. The normalized spacial score (nSPS) is 11.0. The Morgan fingerprint density at radius 2 is 1.55 bits per heavy atom. The van der Waals surface area contributed by atoms with Crippen LogP contribution >= 0.6 is 11.6 Å². The van der Waals surface area contributed by atoms with E-state index in [-0.39, 0.29) is 10.5 Å². The van der Waals surface area contributed by atoms with Crippen LogP contribution in [0, 0.1) is 6.92 Å². The minimum absolute atomic E-state index is 0.0365. The molecule has 3 aromatic rings. The number of sulfonamides is 1. The Kier molecular flexibility index (Phi) is 6.72. The second-order valence-electron chi connectivity index (χ2n) is 6.63. The van der Waals surface area contributed by atoms with Gasteiger partial charge in [0.15, 0.2) is 0 Å². The van der Waals surface area contributed by atoms with Crippen molar-refractivity contribution in [3.05, 3.63) is 76.8 Å². The molecule has 0 aliphatic heterocycles. The van der Waals surface area contributed by atoms with Crippen molar-refractivity contribution < 1.29 is 22.7 Å². The van der Waals surface area contributed by atoms with Gasteiger partial charge in [0.25, 0.3) is 15.9 Å². The number of amides is 1. The van der Waals surface area contributed by atoms with E-state index in [2.05, 4.69) is 10.0 Å². The number of hydrogen-bond acceptors (Lipinski definition) is 5. The van der Waals surface area contributed by atoms with Crippen LogP contribution in [0.3, 0.4) is 0 Å². The van der Waals surface area contributed by atoms with Gasteiger partial charge in [-0.3, -0.25) is 9.52 Å². The van der Waals surface area contributed by atoms with Crippen molar-refractivity contribution in [2.75, 3.05) is 24.3 Å². The number of hydrogen-bond donors (Lipinski definition) is 2. The smallest absolute Gasteiger partial charge is 0.262 e. The molecule has 3 rings (SSSR count). The third-order valence-electron chi connectivity index (χ3n) is 4.43. The molecule has 0 bridgehead atoms. The summed E-state index contributed by atoms with van der Waals surface area (Å²) in [6.45, 7) is 1.85. The van der Waals surface area contributed by atoms with Gasteiger partial charge in [0, 0.05) is 10.7 Å².